The SMILES string of the molecule is Cc1cc(C)c(NCCCCn2ccc3cc(C)cc(C)c32)c(C)c1. The number of hydrogen-bond donors (Lipinski definition) is 1. The Balaban J connectivity index is 1.56. The molecule has 1 heterocycles. The first-order chi connectivity index (χ1) is 12.0. The van der Waals surface area contributed by atoms with E-state index >= 15 is 0 Å². The molecule has 1 N–H and O–H groups in total. The lowest BCUT2D eigenvalue weighted by Crippen LogP contribution is -2.07. The number of fused-ring (bicyclic) bond motifs is 1. The molecule has 0 amide bonds. The highest BCUT2D eigenvalue weighted by atomic mass is 15.0. The number of aromatic nitrogens is 1. The van der Waals surface area contributed by atoms with Crippen LogP contribution in [-0.2, 0) is 6.54 Å². The molecule has 0 radical (unpaired) electrons. The van der Waals surface area contributed by atoms with Crippen molar-refractivity contribution in [2.24, 2.45) is 0 Å². The molecule has 0 spiro atoms. The van der Waals surface area contributed by atoms with Gasteiger partial charge in [-0.25, -0.2) is 0 Å². The second-order valence-electron chi connectivity index (χ2n) is 7.44. The second kappa shape index (κ2) is 7.35. The van der Waals surface area contributed by atoms with Crippen LogP contribution in [0, 0.1) is 34.6 Å². The lowest BCUT2D eigenvalue weighted by Gasteiger charge is -2.14. The molecule has 2 heteroatoms. The van der Waals surface area contributed by atoms with Gasteiger partial charge in [0.15, 0.2) is 0 Å². The van der Waals surface area contributed by atoms with E-state index in [1.54, 1.807) is 0 Å². The Morgan fingerprint density at radius 2 is 1.44 bits per heavy atom. The first-order valence-electron chi connectivity index (χ1n) is 9.33. The predicted molar refractivity (Wildman–Crippen MR) is 110 cm³/mol. The van der Waals surface area contributed by atoms with Crippen molar-refractivity contribution in [1.82, 2.24) is 4.57 Å². The molecule has 132 valence electrons. The third kappa shape index (κ3) is 3.89. The first kappa shape index (κ1) is 17.6. The molecule has 25 heavy (non-hydrogen) atoms. The van der Waals surface area contributed by atoms with Crippen molar-refractivity contribution < 1.29 is 0 Å². The van der Waals surface area contributed by atoms with Crippen molar-refractivity contribution in [2.45, 2.75) is 54.0 Å². The van der Waals surface area contributed by atoms with Crippen LogP contribution in [0.15, 0.2) is 36.5 Å². The van der Waals surface area contributed by atoms with E-state index in [0.717, 1.165) is 13.1 Å². The van der Waals surface area contributed by atoms with Crippen LogP contribution in [0.5, 0.6) is 0 Å². The van der Waals surface area contributed by atoms with Crippen LogP contribution < -0.4 is 5.32 Å². The Hall–Kier alpha value is -2.22. The zero-order valence-electron chi connectivity index (χ0n) is 16.2. The molecule has 3 aromatic rings. The summed E-state index contributed by atoms with van der Waals surface area (Å²) in [5.74, 6) is 0. The average molecular weight is 335 g/mol. The van der Waals surface area contributed by atoms with Gasteiger partial charge in [0.2, 0.25) is 0 Å². The highest BCUT2D eigenvalue weighted by Gasteiger charge is 2.06. The molecular weight excluding hydrogens is 304 g/mol. The Labute approximate surface area is 151 Å². The Bertz CT molecular complexity index is 863. The molecule has 0 bridgehead atoms. The Morgan fingerprint density at radius 3 is 2.16 bits per heavy atom. The largest absolute Gasteiger partial charge is 0.385 e. The third-order valence-corrected chi connectivity index (χ3v) is 5.00. The van der Waals surface area contributed by atoms with Crippen LogP contribution in [0.4, 0.5) is 5.69 Å². The summed E-state index contributed by atoms with van der Waals surface area (Å²) >= 11 is 0. The number of nitrogens with one attached hydrogen (secondary N) is 1. The van der Waals surface area contributed by atoms with E-state index < -0.39 is 0 Å². The summed E-state index contributed by atoms with van der Waals surface area (Å²) in [5.41, 5.74) is 9.46. The lowest BCUT2D eigenvalue weighted by molar-refractivity contribution is 0.637. The molecule has 2 aromatic carbocycles. The monoisotopic (exact) mass is 334 g/mol. The van der Waals surface area contributed by atoms with E-state index in [9.17, 15) is 0 Å². The normalized spacial score (nSPS) is 11.2. The van der Waals surface area contributed by atoms with Crippen molar-refractivity contribution in [3.63, 3.8) is 0 Å². The highest BCUT2D eigenvalue weighted by Crippen LogP contribution is 2.23. The zero-order chi connectivity index (χ0) is 18.0. The molecule has 3 rings (SSSR count). The fourth-order valence-electron chi connectivity index (χ4n) is 4.02. The molecule has 0 aliphatic rings. The number of nitrogens with zero attached hydrogens (tertiary/aromatic N) is 1. The minimum absolute atomic E-state index is 1.03. The van der Waals surface area contributed by atoms with Crippen LogP contribution in [0.3, 0.4) is 0 Å². The van der Waals surface area contributed by atoms with Crippen molar-refractivity contribution >= 4 is 16.6 Å². The van der Waals surface area contributed by atoms with E-state index in [4.69, 9.17) is 0 Å². The van der Waals surface area contributed by atoms with Gasteiger partial charge in [-0.2, -0.15) is 0 Å². The number of rotatable bonds is 6. The van der Waals surface area contributed by atoms with Gasteiger partial charge in [-0.3, -0.25) is 0 Å². The quantitative estimate of drug-likeness (QED) is 0.541. The van der Waals surface area contributed by atoms with Gasteiger partial charge in [0, 0.05) is 30.4 Å². The summed E-state index contributed by atoms with van der Waals surface area (Å²) < 4.78 is 2.41. The van der Waals surface area contributed by atoms with E-state index in [-0.39, 0.29) is 0 Å². The van der Waals surface area contributed by atoms with E-state index in [1.807, 2.05) is 0 Å². The number of hydrogen-bond acceptors (Lipinski definition) is 1. The zero-order valence-corrected chi connectivity index (χ0v) is 16.2. The van der Waals surface area contributed by atoms with Gasteiger partial charge < -0.3 is 9.88 Å². The van der Waals surface area contributed by atoms with Gasteiger partial charge in [-0.15, -0.1) is 0 Å². The van der Waals surface area contributed by atoms with Crippen molar-refractivity contribution in [3.05, 3.63) is 64.3 Å². The molecule has 2 nitrogen and oxygen atoms in total. The number of unbranched alkanes of at least 4 members (excludes halogenated alkanes) is 1. The maximum absolute atomic E-state index is 3.64. The summed E-state index contributed by atoms with van der Waals surface area (Å²) in [5, 5.41) is 5.00. The highest BCUT2D eigenvalue weighted by molar-refractivity contribution is 5.84. The van der Waals surface area contributed by atoms with Gasteiger partial charge in [-0.1, -0.05) is 29.3 Å². The standard InChI is InChI=1S/C23H30N2/c1-16-12-18(3)22(19(4)13-16)24-9-6-7-10-25-11-8-21-15-17(2)14-20(5)23(21)25/h8,11-15,24H,6-7,9-10H2,1-5H3. The molecule has 1 aromatic heterocycles. The number of aryl methyl sites for hydroxylation is 6. The summed E-state index contributed by atoms with van der Waals surface area (Å²) in [6.07, 6.45) is 4.60. The topological polar surface area (TPSA) is 17.0 Å². The summed E-state index contributed by atoms with van der Waals surface area (Å²) in [6, 6.07) is 11.3. The van der Waals surface area contributed by atoms with Crippen LogP contribution in [0.1, 0.15) is 40.7 Å². The lowest BCUT2D eigenvalue weighted by atomic mass is 10.1. The van der Waals surface area contributed by atoms with Crippen molar-refractivity contribution in [2.75, 3.05) is 11.9 Å². The Kier molecular flexibility index (Phi) is 5.17. The molecule has 0 aliphatic heterocycles. The summed E-state index contributed by atoms with van der Waals surface area (Å²) in [4.78, 5) is 0. The summed E-state index contributed by atoms with van der Waals surface area (Å²) in [7, 11) is 0. The van der Waals surface area contributed by atoms with E-state index in [1.165, 1.54) is 57.2 Å². The first-order valence-corrected chi connectivity index (χ1v) is 9.33. The molecule has 0 atom stereocenters. The van der Waals surface area contributed by atoms with Gasteiger partial charge in [-0.05, 0) is 76.3 Å². The second-order valence-corrected chi connectivity index (χ2v) is 7.44. The maximum Gasteiger partial charge on any atom is 0.0510 e. The predicted octanol–water partition coefficient (Wildman–Crippen LogP) is 6.08. The minimum Gasteiger partial charge on any atom is -0.385 e. The van der Waals surface area contributed by atoms with Gasteiger partial charge in [0.25, 0.3) is 0 Å². The van der Waals surface area contributed by atoms with Crippen LogP contribution in [-0.4, -0.2) is 11.1 Å². The number of benzene rings is 2. The molecular formula is C23H30N2. The van der Waals surface area contributed by atoms with E-state index in [0.29, 0.717) is 0 Å². The van der Waals surface area contributed by atoms with Gasteiger partial charge in [0.05, 0.1) is 5.52 Å². The smallest absolute Gasteiger partial charge is 0.0510 e. The molecule has 0 unspecified atom stereocenters. The van der Waals surface area contributed by atoms with E-state index in [2.05, 4.69) is 81.0 Å². The number of anilines is 1. The van der Waals surface area contributed by atoms with Crippen LogP contribution >= 0.6 is 0 Å². The van der Waals surface area contributed by atoms with Gasteiger partial charge >= 0.3 is 0 Å². The van der Waals surface area contributed by atoms with Crippen LogP contribution in [0.2, 0.25) is 0 Å². The fraction of sp³-hybridized carbons (Fsp3) is 0.391. The average Bonchev–Trinajstić information content (AvgIpc) is 2.92. The molecule has 0 fully saturated rings. The van der Waals surface area contributed by atoms with Crippen molar-refractivity contribution in [3.8, 4) is 0 Å². The van der Waals surface area contributed by atoms with Crippen LogP contribution in [0.25, 0.3) is 10.9 Å². The molecule has 0 saturated carbocycles. The van der Waals surface area contributed by atoms with Gasteiger partial charge in [0.1, 0.15) is 0 Å². The Morgan fingerprint density at radius 1 is 0.800 bits per heavy atom. The molecule has 0 saturated heterocycles. The maximum atomic E-state index is 3.64. The third-order valence-electron chi connectivity index (χ3n) is 5.00. The molecule has 0 aliphatic carbocycles. The fourth-order valence-corrected chi connectivity index (χ4v) is 4.02. The summed E-state index contributed by atoms with van der Waals surface area (Å²) in [6.45, 7) is 13.1. The van der Waals surface area contributed by atoms with Crippen molar-refractivity contribution in [1.29, 1.82) is 0 Å². The minimum atomic E-state index is 1.03.